The molecule has 0 atom stereocenters. The second-order valence-corrected chi connectivity index (χ2v) is 6.85. The van der Waals surface area contributed by atoms with Gasteiger partial charge in [-0.25, -0.2) is 17.2 Å². The molecule has 0 aromatic heterocycles. The van der Waals surface area contributed by atoms with E-state index in [1.54, 1.807) is 0 Å². The summed E-state index contributed by atoms with van der Waals surface area (Å²) in [4.78, 5) is -0.124. The van der Waals surface area contributed by atoms with Gasteiger partial charge in [0.15, 0.2) is 9.84 Å². The van der Waals surface area contributed by atoms with Crippen LogP contribution in [0.25, 0.3) is 0 Å². The van der Waals surface area contributed by atoms with Crippen LogP contribution in [-0.4, -0.2) is 8.42 Å². The lowest BCUT2D eigenvalue weighted by Crippen LogP contribution is -2.09. The van der Waals surface area contributed by atoms with E-state index >= 15 is 0 Å². The van der Waals surface area contributed by atoms with E-state index in [-0.39, 0.29) is 22.0 Å². The lowest BCUT2D eigenvalue weighted by atomic mass is 10.1. The van der Waals surface area contributed by atoms with Crippen molar-refractivity contribution in [2.75, 3.05) is 0 Å². The van der Waals surface area contributed by atoms with Crippen LogP contribution in [0.15, 0.2) is 41.3 Å². The highest BCUT2D eigenvalue weighted by atomic mass is 35.5. The predicted octanol–water partition coefficient (Wildman–Crippen LogP) is 3.05. The molecule has 0 bridgehead atoms. The number of hydrogen-bond donors (Lipinski definition) is 1. The minimum Gasteiger partial charge on any atom is -0.326 e. The summed E-state index contributed by atoms with van der Waals surface area (Å²) < 4.78 is 51.0. The molecule has 0 aliphatic rings. The summed E-state index contributed by atoms with van der Waals surface area (Å²) in [6.45, 7) is 0.0926. The van der Waals surface area contributed by atoms with Crippen LogP contribution in [0.2, 0.25) is 5.02 Å². The summed E-state index contributed by atoms with van der Waals surface area (Å²) in [6, 6.07) is 6.92. The Morgan fingerprint density at radius 1 is 1.05 bits per heavy atom. The third-order valence-corrected chi connectivity index (χ3v) is 4.94. The number of benzene rings is 2. The maximum absolute atomic E-state index is 13.3. The highest BCUT2D eigenvalue weighted by molar-refractivity contribution is 7.90. The first-order chi connectivity index (χ1) is 9.83. The molecule has 3 nitrogen and oxygen atoms in total. The molecule has 21 heavy (non-hydrogen) atoms. The maximum Gasteiger partial charge on any atom is 0.182 e. The van der Waals surface area contributed by atoms with Crippen molar-refractivity contribution >= 4 is 21.4 Å². The predicted molar refractivity (Wildman–Crippen MR) is 76.6 cm³/mol. The van der Waals surface area contributed by atoms with Crippen molar-refractivity contribution in [3.8, 4) is 0 Å². The molecule has 0 spiro atoms. The number of hydrogen-bond acceptors (Lipinski definition) is 3. The average Bonchev–Trinajstić information content (AvgIpc) is 2.41. The molecule has 0 saturated carbocycles. The van der Waals surface area contributed by atoms with E-state index in [1.807, 2.05) is 0 Å². The van der Waals surface area contributed by atoms with E-state index < -0.39 is 27.2 Å². The van der Waals surface area contributed by atoms with Crippen molar-refractivity contribution < 1.29 is 17.2 Å². The smallest absolute Gasteiger partial charge is 0.182 e. The second-order valence-electron chi connectivity index (χ2n) is 4.45. The first-order valence-corrected chi connectivity index (χ1v) is 8.01. The van der Waals surface area contributed by atoms with E-state index in [0.717, 1.165) is 24.3 Å². The van der Waals surface area contributed by atoms with Gasteiger partial charge in [0, 0.05) is 6.54 Å². The molecule has 2 aromatic carbocycles. The average molecular weight is 332 g/mol. The normalized spacial score (nSPS) is 11.6. The van der Waals surface area contributed by atoms with E-state index in [4.69, 9.17) is 17.3 Å². The summed E-state index contributed by atoms with van der Waals surface area (Å²) >= 11 is 5.59. The van der Waals surface area contributed by atoms with Gasteiger partial charge >= 0.3 is 0 Å². The first-order valence-electron chi connectivity index (χ1n) is 5.98. The van der Waals surface area contributed by atoms with Crippen LogP contribution in [0.4, 0.5) is 8.78 Å². The molecule has 0 radical (unpaired) electrons. The Morgan fingerprint density at radius 3 is 2.38 bits per heavy atom. The number of nitrogens with two attached hydrogens (primary N) is 1. The lowest BCUT2D eigenvalue weighted by molar-refractivity contribution is 0.593. The number of rotatable bonds is 4. The molecular formula is C14H12ClF2NO2S. The largest absolute Gasteiger partial charge is 0.326 e. The zero-order chi connectivity index (χ0) is 15.6. The number of halogens is 3. The van der Waals surface area contributed by atoms with Gasteiger partial charge in [0.2, 0.25) is 0 Å². The Balaban J connectivity index is 2.41. The van der Waals surface area contributed by atoms with Crippen LogP contribution in [-0.2, 0) is 22.1 Å². The van der Waals surface area contributed by atoms with Gasteiger partial charge in [-0.3, -0.25) is 0 Å². The van der Waals surface area contributed by atoms with Crippen LogP contribution in [0.5, 0.6) is 0 Å². The Labute approximate surface area is 126 Å². The molecular weight excluding hydrogens is 320 g/mol. The molecule has 0 aliphatic heterocycles. The van der Waals surface area contributed by atoms with Crippen molar-refractivity contribution in [3.05, 3.63) is 64.2 Å². The van der Waals surface area contributed by atoms with Crippen molar-refractivity contribution in [1.29, 1.82) is 0 Å². The fraction of sp³-hybridized carbons (Fsp3) is 0.143. The topological polar surface area (TPSA) is 60.2 Å². The van der Waals surface area contributed by atoms with Gasteiger partial charge in [0.1, 0.15) is 11.6 Å². The van der Waals surface area contributed by atoms with Crippen LogP contribution in [0, 0.1) is 11.6 Å². The summed E-state index contributed by atoms with van der Waals surface area (Å²) in [5.74, 6) is -1.68. The maximum atomic E-state index is 13.3. The van der Waals surface area contributed by atoms with Gasteiger partial charge in [-0.15, -0.1) is 0 Å². The minimum absolute atomic E-state index is 0.0926. The standard InChI is InChI=1S/C14H12ClF2NO2S/c15-13-6-12(3-4-14(13)17)21(19,20)8-10-5-11(16)2-1-9(10)7-18/h1-6H,7-8,18H2. The van der Waals surface area contributed by atoms with Gasteiger partial charge in [0.05, 0.1) is 15.7 Å². The van der Waals surface area contributed by atoms with E-state index in [0.29, 0.717) is 5.56 Å². The molecule has 0 unspecified atom stereocenters. The summed E-state index contributed by atoms with van der Waals surface area (Å²) in [7, 11) is -3.78. The molecule has 0 aliphatic carbocycles. The summed E-state index contributed by atoms with van der Waals surface area (Å²) in [5.41, 5.74) is 6.33. The molecule has 0 saturated heterocycles. The zero-order valence-corrected chi connectivity index (χ0v) is 12.4. The van der Waals surface area contributed by atoms with E-state index in [2.05, 4.69) is 0 Å². The molecule has 112 valence electrons. The van der Waals surface area contributed by atoms with E-state index in [1.165, 1.54) is 12.1 Å². The fourth-order valence-electron chi connectivity index (χ4n) is 1.89. The van der Waals surface area contributed by atoms with Crippen LogP contribution < -0.4 is 5.73 Å². The van der Waals surface area contributed by atoms with Gasteiger partial charge < -0.3 is 5.73 Å². The number of sulfone groups is 1. The second kappa shape index (κ2) is 6.09. The van der Waals surface area contributed by atoms with Gasteiger partial charge in [-0.2, -0.15) is 0 Å². The van der Waals surface area contributed by atoms with Crippen LogP contribution in [0.3, 0.4) is 0 Å². The fourth-order valence-corrected chi connectivity index (χ4v) is 3.55. The SMILES string of the molecule is NCc1ccc(F)cc1CS(=O)(=O)c1ccc(F)c(Cl)c1. The quantitative estimate of drug-likeness (QED) is 0.876. The van der Waals surface area contributed by atoms with Crippen LogP contribution >= 0.6 is 11.6 Å². The Bertz CT molecular complexity index is 779. The van der Waals surface area contributed by atoms with Gasteiger partial charge in [-0.05, 0) is 41.5 Å². The molecule has 2 aromatic rings. The molecule has 2 N–H and O–H groups in total. The lowest BCUT2D eigenvalue weighted by Gasteiger charge is -2.09. The zero-order valence-electron chi connectivity index (χ0n) is 10.8. The minimum atomic E-state index is -3.78. The molecule has 0 heterocycles. The monoisotopic (exact) mass is 331 g/mol. The molecule has 2 rings (SSSR count). The first kappa shape index (κ1) is 15.9. The third-order valence-electron chi connectivity index (χ3n) is 2.98. The Hall–Kier alpha value is -1.50. The third kappa shape index (κ3) is 3.58. The Morgan fingerprint density at radius 2 is 1.76 bits per heavy atom. The Kier molecular flexibility index (Phi) is 4.61. The van der Waals surface area contributed by atoms with E-state index in [9.17, 15) is 17.2 Å². The van der Waals surface area contributed by atoms with Crippen LogP contribution in [0.1, 0.15) is 11.1 Å². The highest BCUT2D eigenvalue weighted by Crippen LogP contribution is 2.24. The van der Waals surface area contributed by atoms with Crippen molar-refractivity contribution in [1.82, 2.24) is 0 Å². The highest BCUT2D eigenvalue weighted by Gasteiger charge is 2.19. The summed E-state index contributed by atoms with van der Waals surface area (Å²) in [6.07, 6.45) is 0. The molecule has 7 heteroatoms. The van der Waals surface area contributed by atoms with Crippen molar-refractivity contribution in [3.63, 3.8) is 0 Å². The van der Waals surface area contributed by atoms with Crippen molar-refractivity contribution in [2.45, 2.75) is 17.2 Å². The summed E-state index contributed by atoms with van der Waals surface area (Å²) in [5, 5.41) is -0.283. The van der Waals surface area contributed by atoms with Crippen molar-refractivity contribution in [2.24, 2.45) is 5.73 Å². The van der Waals surface area contributed by atoms with Gasteiger partial charge in [0.25, 0.3) is 0 Å². The van der Waals surface area contributed by atoms with Gasteiger partial charge in [-0.1, -0.05) is 17.7 Å². The molecule has 0 fully saturated rings. The molecule has 0 amide bonds.